The maximum atomic E-state index is 5.91. The van der Waals surface area contributed by atoms with Crippen molar-refractivity contribution < 1.29 is 9.47 Å². The van der Waals surface area contributed by atoms with E-state index in [9.17, 15) is 0 Å². The first-order chi connectivity index (χ1) is 15.6. The Morgan fingerprint density at radius 3 is 1.50 bits per heavy atom. The Labute approximate surface area is 190 Å². The molecule has 4 nitrogen and oxygen atoms in total. The van der Waals surface area contributed by atoms with Gasteiger partial charge < -0.3 is 19.3 Å². The molecule has 32 heavy (non-hydrogen) atoms. The molecule has 0 aromatic heterocycles. The third-order valence-electron chi connectivity index (χ3n) is 5.38. The minimum atomic E-state index is 0.881. The van der Waals surface area contributed by atoms with E-state index >= 15 is 0 Å². The van der Waals surface area contributed by atoms with Gasteiger partial charge in [-0.2, -0.15) is 0 Å². The van der Waals surface area contributed by atoms with Crippen molar-refractivity contribution >= 4 is 17.1 Å². The van der Waals surface area contributed by atoms with Crippen LogP contribution in [0.5, 0.6) is 17.2 Å². The molecule has 5 rings (SSSR count). The Kier molecular flexibility index (Phi) is 6.31. The molecule has 0 N–H and O–H groups in total. The molecular formula is C28H28N2O2. The quantitative estimate of drug-likeness (QED) is 0.427. The lowest BCUT2D eigenvalue weighted by Crippen LogP contribution is -2.23. The fourth-order valence-corrected chi connectivity index (χ4v) is 3.80. The molecule has 2 heterocycles. The van der Waals surface area contributed by atoms with Crippen LogP contribution in [0.1, 0.15) is 13.8 Å². The van der Waals surface area contributed by atoms with Gasteiger partial charge in [0.1, 0.15) is 0 Å². The number of hydrogen-bond donors (Lipinski definition) is 0. The largest absolute Gasteiger partial charge is 0.453 e. The van der Waals surface area contributed by atoms with Gasteiger partial charge in [0.2, 0.25) is 0 Å². The van der Waals surface area contributed by atoms with Gasteiger partial charge in [-0.1, -0.05) is 48.6 Å². The van der Waals surface area contributed by atoms with E-state index in [1.165, 1.54) is 0 Å². The highest BCUT2D eigenvalue weighted by Gasteiger charge is 2.21. The van der Waals surface area contributed by atoms with Crippen LogP contribution in [-0.2, 0) is 0 Å². The van der Waals surface area contributed by atoms with Crippen molar-refractivity contribution in [1.29, 1.82) is 0 Å². The summed E-state index contributed by atoms with van der Waals surface area (Å²) in [5.41, 5.74) is 4.38. The van der Waals surface area contributed by atoms with Gasteiger partial charge in [0.15, 0.2) is 23.0 Å². The van der Waals surface area contributed by atoms with Gasteiger partial charge in [0.05, 0.1) is 22.8 Å². The van der Waals surface area contributed by atoms with Crippen LogP contribution in [0.4, 0.5) is 17.1 Å². The van der Waals surface area contributed by atoms with Crippen molar-refractivity contribution in [3.63, 3.8) is 0 Å². The molecule has 0 radical (unpaired) electrons. The van der Waals surface area contributed by atoms with Crippen LogP contribution in [0, 0.1) is 0 Å². The van der Waals surface area contributed by atoms with Crippen LogP contribution in [-0.4, -0.2) is 14.1 Å². The lowest BCUT2D eigenvalue weighted by molar-refractivity contribution is 0.429. The van der Waals surface area contributed by atoms with Crippen molar-refractivity contribution in [3.8, 4) is 17.2 Å². The second-order valence-electron chi connectivity index (χ2n) is 7.47. The van der Waals surface area contributed by atoms with Crippen molar-refractivity contribution in [2.75, 3.05) is 23.9 Å². The molecule has 3 aromatic carbocycles. The average molecular weight is 425 g/mol. The predicted molar refractivity (Wildman–Crippen MR) is 133 cm³/mol. The summed E-state index contributed by atoms with van der Waals surface area (Å²) in [4.78, 5) is 4.29. The molecule has 162 valence electrons. The van der Waals surface area contributed by atoms with Crippen molar-refractivity contribution in [2.24, 2.45) is 0 Å². The molecule has 0 spiro atoms. The molecule has 3 aromatic rings. The molecule has 2 aliphatic heterocycles. The number of para-hydroxylation sites is 6. The van der Waals surface area contributed by atoms with Crippen LogP contribution < -0.4 is 19.3 Å². The van der Waals surface area contributed by atoms with E-state index in [4.69, 9.17) is 9.47 Å². The lowest BCUT2D eigenvalue weighted by Gasteiger charge is -2.29. The number of likely N-dealkylation sites (N-methyl/N-ethyl adjacent to an activating group) is 1. The van der Waals surface area contributed by atoms with Gasteiger partial charge in [-0.15, -0.1) is 0 Å². The number of benzene rings is 3. The van der Waals surface area contributed by atoms with E-state index in [0.29, 0.717) is 0 Å². The smallest absolute Gasteiger partial charge is 0.151 e. The van der Waals surface area contributed by atoms with Crippen LogP contribution in [0.25, 0.3) is 0 Å². The molecular weight excluding hydrogens is 396 g/mol. The molecule has 0 fully saturated rings. The minimum Gasteiger partial charge on any atom is -0.453 e. The summed E-state index contributed by atoms with van der Waals surface area (Å²) >= 11 is 0. The highest BCUT2D eigenvalue weighted by atomic mass is 16.5. The number of rotatable bonds is 2. The summed E-state index contributed by atoms with van der Waals surface area (Å²) < 4.78 is 11.7. The topological polar surface area (TPSA) is 24.9 Å². The Balaban J connectivity index is 0.000000154. The molecule has 2 aliphatic rings. The highest BCUT2D eigenvalue weighted by Crippen LogP contribution is 2.45. The van der Waals surface area contributed by atoms with Crippen molar-refractivity contribution in [1.82, 2.24) is 0 Å². The Hall–Kier alpha value is -3.92. The highest BCUT2D eigenvalue weighted by molar-refractivity contribution is 5.77. The molecule has 0 amide bonds. The van der Waals surface area contributed by atoms with Gasteiger partial charge in [-0.05, 0) is 62.4 Å². The number of hydrogen-bond acceptors (Lipinski definition) is 4. The third kappa shape index (κ3) is 4.12. The normalized spacial score (nSPS) is 14.2. The number of allylic oxidation sites excluding steroid dienone is 4. The standard InChI is InChI=1S/C15H17NO.C13H11NO/c1-4-8-12-14(9-5-2)17-15-11-7-6-10-13(15)16(12)3;1-14-10-6-2-4-8-12(10)15-13-9-5-3-7-11(13)14/h4-11H,1-3H3;2-9H,1H3/b8-4-,9-5-;. The fourth-order valence-electron chi connectivity index (χ4n) is 3.80. The number of ether oxygens (including phenoxy) is 2. The maximum Gasteiger partial charge on any atom is 0.151 e. The molecule has 0 unspecified atom stereocenters. The zero-order chi connectivity index (χ0) is 22.5. The molecule has 0 atom stereocenters. The molecule has 0 saturated heterocycles. The van der Waals surface area contributed by atoms with E-state index < -0.39 is 0 Å². The Morgan fingerprint density at radius 2 is 1.00 bits per heavy atom. The van der Waals surface area contributed by atoms with Crippen LogP contribution in [0.15, 0.2) is 109 Å². The van der Waals surface area contributed by atoms with Gasteiger partial charge in [0.25, 0.3) is 0 Å². The lowest BCUT2D eigenvalue weighted by atomic mass is 10.2. The van der Waals surface area contributed by atoms with Gasteiger partial charge in [-0.25, -0.2) is 0 Å². The monoisotopic (exact) mass is 424 g/mol. The summed E-state index contributed by atoms with van der Waals surface area (Å²) in [6.45, 7) is 4.00. The van der Waals surface area contributed by atoms with Crippen LogP contribution in [0.2, 0.25) is 0 Å². The molecule has 0 aliphatic carbocycles. The first-order valence-electron chi connectivity index (χ1n) is 10.7. The van der Waals surface area contributed by atoms with Crippen LogP contribution >= 0.6 is 0 Å². The first-order valence-corrected chi connectivity index (χ1v) is 10.7. The SMILES string of the molecule is CN1c2ccccc2Oc2ccccc21.C\C=C/C1=C(\C=C/C)N(C)c2ccccc2O1. The summed E-state index contributed by atoms with van der Waals surface area (Å²) in [5.74, 6) is 3.61. The summed E-state index contributed by atoms with van der Waals surface area (Å²) in [6, 6.07) is 24.2. The van der Waals surface area contributed by atoms with E-state index in [1.54, 1.807) is 0 Å². The third-order valence-corrected chi connectivity index (χ3v) is 5.38. The maximum absolute atomic E-state index is 5.91. The second kappa shape index (κ2) is 9.48. The minimum absolute atomic E-state index is 0.881. The van der Waals surface area contributed by atoms with E-state index in [1.807, 2.05) is 86.7 Å². The van der Waals surface area contributed by atoms with Gasteiger partial charge in [-0.3, -0.25) is 0 Å². The number of nitrogens with zero attached hydrogens (tertiary/aromatic N) is 2. The zero-order valence-electron chi connectivity index (χ0n) is 18.9. The van der Waals surface area contributed by atoms with E-state index in [0.717, 1.165) is 45.8 Å². The second-order valence-corrected chi connectivity index (χ2v) is 7.47. The summed E-state index contributed by atoms with van der Waals surface area (Å²) in [7, 11) is 4.11. The predicted octanol–water partition coefficient (Wildman–Crippen LogP) is 7.44. The zero-order valence-corrected chi connectivity index (χ0v) is 18.9. The van der Waals surface area contributed by atoms with E-state index in [2.05, 4.69) is 48.2 Å². The molecule has 0 saturated carbocycles. The van der Waals surface area contributed by atoms with E-state index in [-0.39, 0.29) is 0 Å². The van der Waals surface area contributed by atoms with Crippen LogP contribution in [0.3, 0.4) is 0 Å². The number of anilines is 3. The Bertz CT molecular complexity index is 1150. The summed E-state index contributed by atoms with van der Waals surface area (Å²) in [6.07, 6.45) is 8.06. The molecule has 4 heteroatoms. The summed E-state index contributed by atoms with van der Waals surface area (Å²) in [5, 5.41) is 0. The van der Waals surface area contributed by atoms with Gasteiger partial charge in [0, 0.05) is 14.1 Å². The Morgan fingerprint density at radius 1 is 0.562 bits per heavy atom. The fraction of sp³-hybridized carbons (Fsp3) is 0.143. The molecule has 0 bridgehead atoms. The van der Waals surface area contributed by atoms with Crippen molar-refractivity contribution in [3.05, 3.63) is 109 Å². The average Bonchev–Trinajstić information content (AvgIpc) is 2.82. The first kappa shape index (κ1) is 21.3. The van der Waals surface area contributed by atoms with Gasteiger partial charge >= 0.3 is 0 Å². The number of fused-ring (bicyclic) bond motifs is 3. The van der Waals surface area contributed by atoms with Crippen molar-refractivity contribution in [2.45, 2.75) is 13.8 Å².